The first-order chi connectivity index (χ1) is 12.7. The van der Waals surface area contributed by atoms with E-state index < -0.39 is 5.97 Å². The van der Waals surface area contributed by atoms with Gasteiger partial charge >= 0.3 is 0 Å². The maximum absolute atomic E-state index is 10.8. The minimum atomic E-state index is -1.07. The molecule has 1 heterocycles. The van der Waals surface area contributed by atoms with Crippen molar-refractivity contribution in [2.24, 2.45) is 0 Å². The van der Waals surface area contributed by atoms with Gasteiger partial charge in [0.15, 0.2) is 5.16 Å². The second-order valence-electron chi connectivity index (χ2n) is 5.53. The molecule has 0 fully saturated rings. The summed E-state index contributed by atoms with van der Waals surface area (Å²) in [5.41, 5.74) is 1.77. The van der Waals surface area contributed by atoms with Gasteiger partial charge in [0, 0.05) is 24.7 Å². The van der Waals surface area contributed by atoms with Crippen molar-refractivity contribution in [2.75, 3.05) is 19.5 Å². The molecule has 0 bridgehead atoms. The Hall–Kier alpha value is -2.67. The number of nitrogens with zero attached hydrogens (tertiary/aromatic N) is 2. The zero-order valence-electron chi connectivity index (χ0n) is 14.4. The summed E-state index contributed by atoms with van der Waals surface area (Å²) in [6.45, 7) is 0.852. The van der Waals surface area contributed by atoms with E-state index in [1.54, 1.807) is 18.9 Å². The van der Waals surface area contributed by atoms with E-state index in [4.69, 9.17) is 9.47 Å². The van der Waals surface area contributed by atoms with Gasteiger partial charge in [-0.2, -0.15) is 0 Å². The Bertz CT molecular complexity index is 877. The predicted molar refractivity (Wildman–Crippen MR) is 98.6 cm³/mol. The summed E-state index contributed by atoms with van der Waals surface area (Å²) in [5, 5.41) is 11.6. The first-order valence-electron chi connectivity index (χ1n) is 8.22. The molecular weight excluding hydrogens is 352 g/mol. The van der Waals surface area contributed by atoms with Gasteiger partial charge in [-0.05, 0) is 36.4 Å². The van der Waals surface area contributed by atoms with Crippen molar-refractivity contribution in [1.82, 2.24) is 9.55 Å². The summed E-state index contributed by atoms with van der Waals surface area (Å²) in [6.07, 6.45) is -0.0454. The van der Waals surface area contributed by atoms with Crippen LogP contribution in [0.4, 0.5) is 0 Å². The number of aryl methyl sites for hydroxylation is 1. The zero-order valence-corrected chi connectivity index (χ0v) is 15.2. The van der Waals surface area contributed by atoms with E-state index in [0.717, 1.165) is 27.7 Å². The van der Waals surface area contributed by atoms with Crippen molar-refractivity contribution in [3.05, 3.63) is 48.5 Å². The minimum Gasteiger partial charge on any atom is -0.550 e. The number of imidazole rings is 1. The van der Waals surface area contributed by atoms with E-state index >= 15 is 0 Å². The fraction of sp³-hybridized carbons (Fsp3) is 0.263. The molecule has 0 N–H and O–H groups in total. The quantitative estimate of drug-likeness (QED) is 0.424. The fourth-order valence-electron chi connectivity index (χ4n) is 2.55. The molecule has 3 aromatic rings. The van der Waals surface area contributed by atoms with Crippen LogP contribution >= 0.6 is 11.8 Å². The van der Waals surface area contributed by atoms with Gasteiger partial charge in [-0.25, -0.2) is 4.98 Å². The van der Waals surface area contributed by atoms with Gasteiger partial charge in [0.05, 0.1) is 24.8 Å². The standard InChI is InChI=1S/C19H20N2O4S/c1-24-14-6-8-15(9-7-14)25-12-13-26-19-20-16-4-2-3-5-17(16)21(19)11-10-18(22)23/h2-9H,10-13H2,1H3,(H,22,23)/p-1. The third-order valence-corrected chi connectivity index (χ3v) is 4.74. The number of benzene rings is 2. The number of rotatable bonds is 9. The summed E-state index contributed by atoms with van der Waals surface area (Å²) in [6, 6.07) is 15.1. The number of ether oxygens (including phenoxy) is 2. The first-order valence-corrected chi connectivity index (χ1v) is 9.20. The van der Waals surface area contributed by atoms with Gasteiger partial charge in [0.25, 0.3) is 0 Å². The van der Waals surface area contributed by atoms with E-state index in [2.05, 4.69) is 4.98 Å². The number of para-hydroxylation sites is 2. The second kappa shape index (κ2) is 8.62. The highest BCUT2D eigenvalue weighted by molar-refractivity contribution is 7.99. The fourth-order valence-corrected chi connectivity index (χ4v) is 3.40. The highest BCUT2D eigenvalue weighted by Gasteiger charge is 2.11. The average Bonchev–Trinajstić information content (AvgIpc) is 3.01. The molecule has 0 spiro atoms. The number of methoxy groups -OCH3 is 1. The molecule has 0 atom stereocenters. The highest BCUT2D eigenvalue weighted by atomic mass is 32.2. The third-order valence-electron chi connectivity index (χ3n) is 3.80. The minimum absolute atomic E-state index is 0.0454. The van der Waals surface area contributed by atoms with Gasteiger partial charge < -0.3 is 23.9 Å². The number of hydrogen-bond acceptors (Lipinski definition) is 6. The van der Waals surface area contributed by atoms with Gasteiger partial charge in [-0.3, -0.25) is 0 Å². The first kappa shape index (κ1) is 18.1. The van der Waals surface area contributed by atoms with Crippen LogP contribution in [0.3, 0.4) is 0 Å². The Morgan fingerprint density at radius 1 is 1.15 bits per heavy atom. The molecule has 0 amide bonds. The van der Waals surface area contributed by atoms with Crippen molar-refractivity contribution < 1.29 is 19.4 Å². The van der Waals surface area contributed by atoms with Crippen LogP contribution in [0, 0.1) is 0 Å². The molecule has 2 aromatic carbocycles. The van der Waals surface area contributed by atoms with Crippen LogP contribution in [0.5, 0.6) is 11.5 Å². The van der Waals surface area contributed by atoms with Crippen molar-refractivity contribution in [3.63, 3.8) is 0 Å². The van der Waals surface area contributed by atoms with E-state index in [1.165, 1.54) is 0 Å². The van der Waals surface area contributed by atoms with Gasteiger partial charge in [0.1, 0.15) is 11.5 Å². The summed E-state index contributed by atoms with van der Waals surface area (Å²) in [7, 11) is 1.62. The Morgan fingerprint density at radius 2 is 1.88 bits per heavy atom. The smallest absolute Gasteiger partial charge is 0.169 e. The lowest BCUT2D eigenvalue weighted by Gasteiger charge is -2.10. The molecule has 0 aliphatic heterocycles. The third kappa shape index (κ3) is 4.49. The van der Waals surface area contributed by atoms with Gasteiger partial charge in [0.2, 0.25) is 0 Å². The number of carboxylic acid groups (broad SMARTS) is 1. The van der Waals surface area contributed by atoms with E-state index in [0.29, 0.717) is 18.9 Å². The van der Waals surface area contributed by atoms with E-state index in [-0.39, 0.29) is 6.42 Å². The SMILES string of the molecule is COc1ccc(OCCSc2nc3ccccc3n2CCC(=O)[O-])cc1. The van der Waals surface area contributed by atoms with Crippen molar-refractivity contribution >= 4 is 28.8 Å². The maximum atomic E-state index is 10.8. The molecule has 3 rings (SSSR count). The number of hydrogen-bond donors (Lipinski definition) is 0. The van der Waals surface area contributed by atoms with Crippen LogP contribution < -0.4 is 14.6 Å². The van der Waals surface area contributed by atoms with Crippen molar-refractivity contribution in [3.8, 4) is 11.5 Å². The predicted octanol–water partition coefficient (Wildman–Crippen LogP) is 2.36. The number of carboxylic acids is 1. The topological polar surface area (TPSA) is 76.4 Å². The number of thioether (sulfide) groups is 1. The molecule has 0 aliphatic carbocycles. The van der Waals surface area contributed by atoms with E-state index in [9.17, 15) is 9.90 Å². The van der Waals surface area contributed by atoms with E-state index in [1.807, 2.05) is 53.1 Å². The van der Waals surface area contributed by atoms with Crippen molar-refractivity contribution in [2.45, 2.75) is 18.1 Å². The summed E-state index contributed by atoms with van der Waals surface area (Å²) in [4.78, 5) is 15.4. The summed E-state index contributed by atoms with van der Waals surface area (Å²) >= 11 is 1.54. The second-order valence-corrected chi connectivity index (χ2v) is 6.59. The molecular formula is C19H19N2O4S-. The number of fused-ring (bicyclic) bond motifs is 1. The van der Waals surface area contributed by atoms with Crippen molar-refractivity contribution in [1.29, 1.82) is 0 Å². The molecule has 1 aromatic heterocycles. The van der Waals surface area contributed by atoms with Crippen LogP contribution in [0.15, 0.2) is 53.7 Å². The number of aromatic nitrogens is 2. The van der Waals surface area contributed by atoms with Crippen LogP contribution in [0.1, 0.15) is 6.42 Å². The molecule has 0 aliphatic rings. The molecule has 0 saturated heterocycles. The molecule has 0 radical (unpaired) electrons. The lowest BCUT2D eigenvalue weighted by molar-refractivity contribution is -0.305. The Morgan fingerprint density at radius 3 is 2.62 bits per heavy atom. The van der Waals surface area contributed by atoms with Gasteiger partial charge in [-0.15, -0.1) is 0 Å². The molecule has 0 saturated carbocycles. The Kier molecular flexibility index (Phi) is 6.01. The normalized spacial score (nSPS) is 10.8. The maximum Gasteiger partial charge on any atom is 0.169 e. The van der Waals surface area contributed by atoms with Crippen LogP contribution in [0.2, 0.25) is 0 Å². The molecule has 136 valence electrons. The number of aliphatic carboxylic acids is 1. The zero-order chi connectivity index (χ0) is 18.4. The molecule has 0 unspecified atom stereocenters. The van der Waals surface area contributed by atoms with Crippen LogP contribution in [0.25, 0.3) is 11.0 Å². The van der Waals surface area contributed by atoms with Crippen LogP contribution in [-0.4, -0.2) is 35.0 Å². The summed E-state index contributed by atoms with van der Waals surface area (Å²) in [5.74, 6) is 1.19. The molecule has 7 heteroatoms. The number of carbonyl (C=O) groups excluding carboxylic acids is 1. The Labute approximate surface area is 155 Å². The molecule has 26 heavy (non-hydrogen) atoms. The lowest BCUT2D eigenvalue weighted by atomic mass is 10.3. The lowest BCUT2D eigenvalue weighted by Crippen LogP contribution is -2.23. The average molecular weight is 371 g/mol. The summed E-state index contributed by atoms with van der Waals surface area (Å²) < 4.78 is 12.8. The largest absolute Gasteiger partial charge is 0.550 e. The Balaban J connectivity index is 1.62. The molecule has 6 nitrogen and oxygen atoms in total. The monoisotopic (exact) mass is 371 g/mol. The highest BCUT2D eigenvalue weighted by Crippen LogP contribution is 2.25. The van der Waals surface area contributed by atoms with Gasteiger partial charge in [-0.1, -0.05) is 23.9 Å². The van der Waals surface area contributed by atoms with Crippen LogP contribution in [-0.2, 0) is 11.3 Å². The number of carbonyl (C=O) groups is 1.